The summed E-state index contributed by atoms with van der Waals surface area (Å²) in [6.45, 7) is 8.25. The van der Waals surface area contributed by atoms with Crippen molar-refractivity contribution in [2.24, 2.45) is 17.8 Å². The van der Waals surface area contributed by atoms with Crippen LogP contribution in [0, 0.1) is 24.7 Å². The van der Waals surface area contributed by atoms with Gasteiger partial charge in [0.25, 0.3) is 0 Å². The minimum Gasteiger partial charge on any atom is -0.373 e. The molecular weight excluding hydrogens is 425 g/mol. The molecule has 3 aliphatic rings. The normalized spacial score (nSPS) is 25.9. The molecule has 3 atom stereocenters. The van der Waals surface area contributed by atoms with Gasteiger partial charge in [0.2, 0.25) is 5.91 Å². The lowest BCUT2D eigenvalue weighted by Crippen LogP contribution is -2.45. The fraction of sp³-hybridized carbons (Fsp3) is 0.500. The van der Waals surface area contributed by atoms with Crippen LogP contribution in [0.1, 0.15) is 50.7 Å². The van der Waals surface area contributed by atoms with E-state index in [0.717, 1.165) is 38.8 Å². The van der Waals surface area contributed by atoms with Crippen LogP contribution in [0.5, 0.6) is 0 Å². The lowest BCUT2D eigenvalue weighted by molar-refractivity contribution is -0.138. The van der Waals surface area contributed by atoms with E-state index in [4.69, 9.17) is 4.74 Å². The Morgan fingerprint density at radius 1 is 1.15 bits per heavy atom. The van der Waals surface area contributed by atoms with Crippen LogP contribution in [-0.2, 0) is 16.0 Å². The van der Waals surface area contributed by atoms with Crippen molar-refractivity contribution in [2.75, 3.05) is 19.7 Å². The number of carbonyl (C=O) groups is 1. The number of rotatable bonds is 6. The second kappa shape index (κ2) is 11.3. The zero-order chi connectivity index (χ0) is 24.1. The van der Waals surface area contributed by atoms with Crippen LogP contribution >= 0.6 is 0 Å². The summed E-state index contributed by atoms with van der Waals surface area (Å²) in [7, 11) is 0. The van der Waals surface area contributed by atoms with E-state index in [1.807, 2.05) is 11.8 Å². The molecule has 0 N–H and O–H groups in total. The Balaban J connectivity index is 1.44. The summed E-state index contributed by atoms with van der Waals surface area (Å²) in [5.41, 5.74) is 5.74. The molecule has 0 aromatic heterocycles. The molecule has 3 nitrogen and oxygen atoms in total. The summed E-state index contributed by atoms with van der Waals surface area (Å²) in [5.74, 6) is 0.330. The van der Waals surface area contributed by atoms with Gasteiger partial charge < -0.3 is 9.64 Å². The third-order valence-corrected chi connectivity index (χ3v) is 7.64. The van der Waals surface area contributed by atoms with Gasteiger partial charge in [-0.2, -0.15) is 0 Å². The maximum atomic E-state index is 13.7. The number of hydrogen-bond acceptors (Lipinski definition) is 2. The van der Waals surface area contributed by atoms with E-state index in [0.29, 0.717) is 18.4 Å². The van der Waals surface area contributed by atoms with Crippen molar-refractivity contribution in [2.45, 2.75) is 59.0 Å². The lowest BCUT2D eigenvalue weighted by atomic mass is 9.77. The standard InChI is InChI=1S/C30H38FNO2/c1-4-34-29-20-26(31)12-13-27(29)30(33)32-16-14-23(15-17-32)28-18-21(2)8-7-11-25(28)19-24-10-6-5-9-22(24)3/h5-6,8-10,12-13,18,20,23,25,27,29H,4,7,11,14-17,19H2,1-3H3. The summed E-state index contributed by atoms with van der Waals surface area (Å²) in [4.78, 5) is 15.3. The van der Waals surface area contributed by atoms with E-state index in [1.165, 1.54) is 35.3 Å². The van der Waals surface area contributed by atoms with Gasteiger partial charge in [0, 0.05) is 19.7 Å². The molecular formula is C30H38FNO2. The van der Waals surface area contributed by atoms with E-state index < -0.39 is 12.0 Å². The number of carbonyl (C=O) groups excluding carboxylic acids is 1. The van der Waals surface area contributed by atoms with Crippen molar-refractivity contribution >= 4 is 5.91 Å². The van der Waals surface area contributed by atoms with Crippen molar-refractivity contribution < 1.29 is 13.9 Å². The Labute approximate surface area is 204 Å². The van der Waals surface area contributed by atoms with E-state index in [2.05, 4.69) is 50.3 Å². The third-order valence-electron chi connectivity index (χ3n) is 7.64. The van der Waals surface area contributed by atoms with Crippen LogP contribution in [0.2, 0.25) is 0 Å². The molecule has 1 saturated heterocycles. The molecule has 2 aliphatic carbocycles. The minimum absolute atomic E-state index is 0.0549. The maximum absolute atomic E-state index is 13.7. The molecule has 1 amide bonds. The Morgan fingerprint density at radius 3 is 2.65 bits per heavy atom. The number of halogens is 1. The summed E-state index contributed by atoms with van der Waals surface area (Å²) < 4.78 is 19.4. The first-order valence-corrected chi connectivity index (χ1v) is 12.8. The fourth-order valence-corrected chi connectivity index (χ4v) is 5.73. The van der Waals surface area contributed by atoms with Gasteiger partial charge in [0.05, 0.1) is 12.0 Å². The number of nitrogens with zero attached hydrogens (tertiary/aromatic N) is 1. The van der Waals surface area contributed by atoms with Gasteiger partial charge in [-0.15, -0.1) is 0 Å². The average Bonchev–Trinajstić information content (AvgIpc) is 3.01. The van der Waals surface area contributed by atoms with Crippen molar-refractivity contribution in [1.29, 1.82) is 0 Å². The van der Waals surface area contributed by atoms with Crippen LogP contribution in [-0.4, -0.2) is 36.6 Å². The predicted molar refractivity (Wildman–Crippen MR) is 136 cm³/mol. The Morgan fingerprint density at radius 2 is 1.91 bits per heavy atom. The second-order valence-electron chi connectivity index (χ2n) is 9.95. The molecule has 1 aliphatic heterocycles. The number of ether oxygens (including phenoxy) is 1. The van der Waals surface area contributed by atoms with Crippen LogP contribution in [0.3, 0.4) is 0 Å². The van der Waals surface area contributed by atoms with Crippen molar-refractivity contribution in [3.05, 3.63) is 82.7 Å². The predicted octanol–water partition coefficient (Wildman–Crippen LogP) is 6.50. The highest BCUT2D eigenvalue weighted by Gasteiger charge is 2.35. The Bertz CT molecular complexity index is 997. The zero-order valence-electron chi connectivity index (χ0n) is 20.8. The molecule has 0 spiro atoms. The highest BCUT2D eigenvalue weighted by molar-refractivity contribution is 5.82. The van der Waals surface area contributed by atoms with Crippen LogP contribution in [0.15, 0.2) is 71.6 Å². The average molecular weight is 464 g/mol. The molecule has 182 valence electrons. The minimum atomic E-state index is -0.518. The lowest BCUT2D eigenvalue weighted by Gasteiger charge is -2.38. The number of hydrogen-bond donors (Lipinski definition) is 0. The van der Waals surface area contributed by atoms with E-state index >= 15 is 0 Å². The number of piperidine rings is 1. The van der Waals surface area contributed by atoms with Crippen LogP contribution in [0.4, 0.5) is 4.39 Å². The first-order chi connectivity index (χ1) is 16.5. The largest absolute Gasteiger partial charge is 0.373 e. The second-order valence-corrected chi connectivity index (χ2v) is 9.95. The number of aryl methyl sites for hydroxylation is 1. The number of allylic oxidation sites excluding steroid dienone is 6. The summed E-state index contributed by atoms with van der Waals surface area (Å²) in [5, 5.41) is 0. The number of amides is 1. The van der Waals surface area contributed by atoms with Gasteiger partial charge in [-0.1, -0.05) is 53.6 Å². The van der Waals surface area contributed by atoms with Crippen LogP contribution < -0.4 is 0 Å². The molecule has 0 saturated carbocycles. The molecule has 4 heteroatoms. The molecule has 1 heterocycles. The molecule has 0 radical (unpaired) electrons. The van der Waals surface area contributed by atoms with Crippen molar-refractivity contribution in [1.82, 2.24) is 4.90 Å². The first-order valence-electron chi connectivity index (χ1n) is 12.8. The smallest absolute Gasteiger partial charge is 0.232 e. The highest BCUT2D eigenvalue weighted by Crippen LogP contribution is 2.37. The first kappa shape index (κ1) is 24.7. The van der Waals surface area contributed by atoms with Gasteiger partial charge in [0.15, 0.2) is 0 Å². The maximum Gasteiger partial charge on any atom is 0.232 e. The summed E-state index contributed by atoms with van der Waals surface area (Å²) >= 11 is 0. The van der Waals surface area contributed by atoms with E-state index in [-0.39, 0.29) is 11.7 Å². The third kappa shape index (κ3) is 5.78. The highest BCUT2D eigenvalue weighted by atomic mass is 19.1. The Hall–Kier alpha value is -2.46. The van der Waals surface area contributed by atoms with Crippen molar-refractivity contribution in [3.8, 4) is 0 Å². The van der Waals surface area contributed by atoms with Crippen LogP contribution in [0.25, 0.3) is 0 Å². The van der Waals surface area contributed by atoms with Gasteiger partial charge in [0.1, 0.15) is 5.83 Å². The van der Waals surface area contributed by atoms with Crippen molar-refractivity contribution in [3.63, 3.8) is 0 Å². The molecule has 1 aromatic rings. The van der Waals surface area contributed by atoms with E-state index in [9.17, 15) is 9.18 Å². The summed E-state index contributed by atoms with van der Waals surface area (Å²) in [6, 6.07) is 8.73. The van der Waals surface area contributed by atoms with Gasteiger partial charge in [-0.05, 0) is 88.0 Å². The van der Waals surface area contributed by atoms with Gasteiger partial charge in [-0.25, -0.2) is 4.39 Å². The van der Waals surface area contributed by atoms with Gasteiger partial charge >= 0.3 is 0 Å². The molecule has 4 rings (SSSR count). The molecule has 1 aromatic carbocycles. The topological polar surface area (TPSA) is 29.5 Å². The quantitative estimate of drug-likeness (QED) is 0.482. The van der Waals surface area contributed by atoms with E-state index in [1.54, 1.807) is 11.6 Å². The monoisotopic (exact) mass is 463 g/mol. The Kier molecular flexibility index (Phi) is 8.20. The zero-order valence-corrected chi connectivity index (χ0v) is 20.8. The molecule has 1 fully saturated rings. The number of likely N-dealkylation sites (tertiary alicyclic amines) is 1. The van der Waals surface area contributed by atoms with Gasteiger partial charge in [-0.3, -0.25) is 4.79 Å². The summed E-state index contributed by atoms with van der Waals surface area (Å²) in [6.07, 6.45) is 14.1. The SMILES string of the molecule is CCOC1C=C(F)C=CC1C(=O)N1CCC(C2=CC(C)=CCCC2Cc2ccccc2C)CC1. The number of benzene rings is 1. The molecule has 0 bridgehead atoms. The molecule has 34 heavy (non-hydrogen) atoms. The molecule has 3 unspecified atom stereocenters. The fourth-order valence-electron chi connectivity index (χ4n) is 5.73.